The number of rotatable bonds is 7. The number of urea groups is 1. The fraction of sp³-hybridized carbons (Fsp3) is 0.333. The van der Waals surface area contributed by atoms with E-state index < -0.39 is 0 Å². The molecule has 0 heterocycles. The van der Waals surface area contributed by atoms with E-state index in [-0.39, 0.29) is 17.9 Å². The number of carbonyl (C=O) groups is 2. The third kappa shape index (κ3) is 6.33. The van der Waals surface area contributed by atoms with Crippen molar-refractivity contribution < 1.29 is 14.3 Å². The van der Waals surface area contributed by atoms with Gasteiger partial charge in [0, 0.05) is 30.9 Å². The summed E-state index contributed by atoms with van der Waals surface area (Å²) in [5, 5.41) is 5.67. The van der Waals surface area contributed by atoms with Crippen LogP contribution in [0, 0.1) is 5.92 Å². The van der Waals surface area contributed by atoms with Gasteiger partial charge in [0.2, 0.25) is 5.91 Å². The zero-order valence-electron chi connectivity index (χ0n) is 16.3. The Morgan fingerprint density at radius 1 is 0.963 bits per heavy atom. The molecule has 6 heteroatoms. The van der Waals surface area contributed by atoms with E-state index in [1.807, 2.05) is 45.0 Å². The van der Waals surface area contributed by atoms with Crippen LogP contribution in [0.2, 0.25) is 0 Å². The highest BCUT2D eigenvalue weighted by Gasteiger charge is 2.10. The molecule has 0 aromatic heterocycles. The summed E-state index contributed by atoms with van der Waals surface area (Å²) in [4.78, 5) is 25.7. The number of anilines is 2. The lowest BCUT2D eigenvalue weighted by Gasteiger charge is -2.18. The average Bonchev–Trinajstić information content (AvgIpc) is 2.65. The number of ether oxygens (including phenoxy) is 1. The second-order valence-electron chi connectivity index (χ2n) is 6.58. The van der Waals surface area contributed by atoms with E-state index in [2.05, 4.69) is 10.6 Å². The highest BCUT2D eigenvalue weighted by atomic mass is 16.5. The molecule has 0 bridgehead atoms. The van der Waals surface area contributed by atoms with Crippen LogP contribution in [-0.4, -0.2) is 30.5 Å². The van der Waals surface area contributed by atoms with Crippen LogP contribution in [0.15, 0.2) is 48.5 Å². The van der Waals surface area contributed by atoms with Crippen LogP contribution < -0.4 is 15.4 Å². The predicted octanol–water partition coefficient (Wildman–Crippen LogP) is 4.34. The Morgan fingerprint density at radius 3 is 2.04 bits per heavy atom. The molecule has 2 aromatic carbocycles. The molecular formula is C21H27N3O3. The van der Waals surface area contributed by atoms with Crippen LogP contribution in [0.5, 0.6) is 5.75 Å². The summed E-state index contributed by atoms with van der Waals surface area (Å²) < 4.78 is 5.42. The summed E-state index contributed by atoms with van der Waals surface area (Å²) in [7, 11) is 1.74. The number of carbonyl (C=O) groups excluding carboxylic acids is 2. The number of amides is 3. The molecule has 144 valence electrons. The zero-order chi connectivity index (χ0) is 19.8. The minimum atomic E-state index is -0.206. The van der Waals surface area contributed by atoms with Crippen LogP contribution in [0.4, 0.5) is 16.2 Å². The second-order valence-corrected chi connectivity index (χ2v) is 6.58. The Morgan fingerprint density at radius 2 is 1.52 bits per heavy atom. The number of benzene rings is 2. The van der Waals surface area contributed by atoms with Gasteiger partial charge in [-0.1, -0.05) is 26.0 Å². The molecule has 0 saturated heterocycles. The summed E-state index contributed by atoms with van der Waals surface area (Å²) in [5.74, 6) is 0.695. The molecule has 0 aliphatic heterocycles. The normalized spacial score (nSPS) is 10.4. The molecule has 0 aliphatic carbocycles. The molecule has 0 aliphatic rings. The van der Waals surface area contributed by atoms with Gasteiger partial charge in [0.1, 0.15) is 5.75 Å². The Bertz CT molecular complexity index is 755. The van der Waals surface area contributed by atoms with E-state index in [0.717, 1.165) is 11.3 Å². The summed E-state index contributed by atoms with van der Waals surface area (Å²) >= 11 is 0. The maximum Gasteiger partial charge on any atom is 0.321 e. The van der Waals surface area contributed by atoms with E-state index in [1.54, 1.807) is 36.2 Å². The van der Waals surface area contributed by atoms with Gasteiger partial charge >= 0.3 is 6.03 Å². The molecule has 2 aromatic rings. The lowest BCUT2D eigenvalue weighted by molar-refractivity contribution is -0.118. The number of hydrogen-bond donors (Lipinski definition) is 2. The van der Waals surface area contributed by atoms with Crippen molar-refractivity contribution in [2.45, 2.75) is 27.3 Å². The molecule has 3 amide bonds. The third-order valence-corrected chi connectivity index (χ3v) is 3.93. The van der Waals surface area contributed by atoms with Gasteiger partial charge < -0.3 is 20.3 Å². The Hall–Kier alpha value is -3.02. The van der Waals surface area contributed by atoms with Gasteiger partial charge in [-0.15, -0.1) is 0 Å². The van der Waals surface area contributed by atoms with E-state index in [9.17, 15) is 9.59 Å². The molecule has 0 radical (unpaired) electrons. The molecule has 6 nitrogen and oxygen atoms in total. The fourth-order valence-corrected chi connectivity index (χ4v) is 2.35. The van der Waals surface area contributed by atoms with Crippen LogP contribution in [0.25, 0.3) is 0 Å². The molecule has 0 saturated carbocycles. The van der Waals surface area contributed by atoms with E-state index in [4.69, 9.17) is 4.74 Å². The van der Waals surface area contributed by atoms with Crippen molar-refractivity contribution in [2.24, 2.45) is 5.92 Å². The Labute approximate surface area is 160 Å². The van der Waals surface area contributed by atoms with E-state index in [1.165, 1.54) is 0 Å². The largest absolute Gasteiger partial charge is 0.494 e. The maximum atomic E-state index is 12.4. The zero-order valence-corrected chi connectivity index (χ0v) is 16.3. The summed E-state index contributed by atoms with van der Waals surface area (Å²) in [6.07, 6.45) is 0. The highest BCUT2D eigenvalue weighted by molar-refractivity contribution is 5.93. The Kier molecular flexibility index (Phi) is 7.23. The van der Waals surface area contributed by atoms with Crippen molar-refractivity contribution in [3.8, 4) is 5.75 Å². The van der Waals surface area contributed by atoms with E-state index in [0.29, 0.717) is 24.5 Å². The molecule has 2 rings (SSSR count). The van der Waals surface area contributed by atoms with Crippen molar-refractivity contribution >= 4 is 23.3 Å². The van der Waals surface area contributed by atoms with Gasteiger partial charge in [-0.3, -0.25) is 4.79 Å². The first-order chi connectivity index (χ1) is 12.9. The third-order valence-electron chi connectivity index (χ3n) is 3.93. The van der Waals surface area contributed by atoms with Crippen LogP contribution in [-0.2, 0) is 11.3 Å². The fourth-order valence-electron chi connectivity index (χ4n) is 2.35. The van der Waals surface area contributed by atoms with Crippen LogP contribution in [0.1, 0.15) is 26.3 Å². The quantitative estimate of drug-likeness (QED) is 0.762. The molecule has 0 atom stereocenters. The predicted molar refractivity (Wildman–Crippen MR) is 108 cm³/mol. The standard InChI is InChI=1S/C21H27N3O3/c1-5-27-19-12-6-16(7-13-19)14-24(4)21(26)23-18-10-8-17(9-11-18)22-20(25)15(2)3/h6-13,15H,5,14H2,1-4H3,(H,22,25)(H,23,26). The summed E-state index contributed by atoms with van der Waals surface area (Å²) in [6, 6.07) is 14.5. The molecule has 0 fully saturated rings. The lowest BCUT2D eigenvalue weighted by Crippen LogP contribution is -2.30. The minimum absolute atomic E-state index is 0.0399. The smallest absolute Gasteiger partial charge is 0.321 e. The van der Waals surface area contributed by atoms with Crippen molar-refractivity contribution in [3.05, 3.63) is 54.1 Å². The van der Waals surface area contributed by atoms with Gasteiger partial charge in [-0.05, 0) is 48.9 Å². The van der Waals surface area contributed by atoms with Crippen molar-refractivity contribution in [1.82, 2.24) is 4.90 Å². The first kappa shape index (κ1) is 20.3. The maximum absolute atomic E-state index is 12.4. The summed E-state index contributed by atoms with van der Waals surface area (Å²) in [6.45, 7) is 6.73. The first-order valence-electron chi connectivity index (χ1n) is 9.03. The molecular weight excluding hydrogens is 342 g/mol. The number of hydrogen-bond acceptors (Lipinski definition) is 3. The van der Waals surface area contributed by atoms with Crippen LogP contribution >= 0.6 is 0 Å². The van der Waals surface area contributed by atoms with Crippen molar-refractivity contribution in [3.63, 3.8) is 0 Å². The highest BCUT2D eigenvalue weighted by Crippen LogP contribution is 2.16. The van der Waals surface area contributed by atoms with Crippen molar-refractivity contribution in [1.29, 1.82) is 0 Å². The molecule has 2 N–H and O–H groups in total. The van der Waals surface area contributed by atoms with Gasteiger partial charge in [-0.25, -0.2) is 4.79 Å². The minimum Gasteiger partial charge on any atom is -0.494 e. The number of nitrogens with one attached hydrogen (secondary N) is 2. The van der Waals surface area contributed by atoms with Gasteiger partial charge in [0.05, 0.1) is 6.61 Å². The molecule has 0 unspecified atom stereocenters. The van der Waals surface area contributed by atoms with Gasteiger partial charge in [0.25, 0.3) is 0 Å². The van der Waals surface area contributed by atoms with E-state index >= 15 is 0 Å². The average molecular weight is 369 g/mol. The summed E-state index contributed by atoms with van der Waals surface area (Å²) in [5.41, 5.74) is 2.39. The second kappa shape index (κ2) is 9.62. The topological polar surface area (TPSA) is 70.7 Å². The molecule has 27 heavy (non-hydrogen) atoms. The van der Waals surface area contributed by atoms with Crippen LogP contribution in [0.3, 0.4) is 0 Å². The van der Waals surface area contributed by atoms with Gasteiger partial charge in [0.15, 0.2) is 0 Å². The Balaban J connectivity index is 1.89. The van der Waals surface area contributed by atoms with Crippen molar-refractivity contribution in [2.75, 3.05) is 24.3 Å². The first-order valence-corrected chi connectivity index (χ1v) is 9.03. The molecule has 0 spiro atoms. The lowest BCUT2D eigenvalue weighted by atomic mass is 10.2. The SMILES string of the molecule is CCOc1ccc(CN(C)C(=O)Nc2ccc(NC(=O)C(C)C)cc2)cc1. The number of nitrogens with zero attached hydrogens (tertiary/aromatic N) is 1. The monoisotopic (exact) mass is 369 g/mol. The van der Waals surface area contributed by atoms with Gasteiger partial charge in [-0.2, -0.15) is 0 Å².